The standard InChI is InChI=1S/C19H24N2O4S/c1-5-14-7-8-15(6-2)17(11-14)18(22)13-21-12-16(9-10-19(21)23)26(24,25)20(3)4/h7-12H,5-6,13H2,1-4H3. The lowest BCUT2D eigenvalue weighted by molar-refractivity contribution is 0.0969. The molecule has 0 saturated heterocycles. The Hall–Kier alpha value is -2.25. The van der Waals surface area contributed by atoms with Crippen molar-refractivity contribution in [2.75, 3.05) is 14.1 Å². The van der Waals surface area contributed by atoms with Gasteiger partial charge in [-0.1, -0.05) is 26.0 Å². The summed E-state index contributed by atoms with van der Waals surface area (Å²) in [5, 5.41) is 0. The number of aryl methyl sites for hydroxylation is 2. The van der Waals surface area contributed by atoms with Crippen molar-refractivity contribution in [2.24, 2.45) is 0 Å². The largest absolute Gasteiger partial charge is 0.306 e. The summed E-state index contributed by atoms with van der Waals surface area (Å²) in [5.74, 6) is -0.210. The molecule has 1 heterocycles. The van der Waals surface area contributed by atoms with E-state index in [2.05, 4.69) is 0 Å². The van der Waals surface area contributed by atoms with E-state index in [9.17, 15) is 18.0 Å². The Kier molecular flexibility index (Phi) is 6.15. The minimum Gasteiger partial charge on any atom is -0.306 e. The molecule has 0 aliphatic heterocycles. The number of nitrogens with zero attached hydrogens (tertiary/aromatic N) is 2. The van der Waals surface area contributed by atoms with E-state index in [1.807, 2.05) is 32.0 Å². The molecule has 140 valence electrons. The number of pyridine rings is 1. The van der Waals surface area contributed by atoms with Crippen LogP contribution in [0.3, 0.4) is 0 Å². The van der Waals surface area contributed by atoms with E-state index in [4.69, 9.17) is 0 Å². The number of rotatable bonds is 7. The van der Waals surface area contributed by atoms with Gasteiger partial charge in [-0.3, -0.25) is 9.59 Å². The summed E-state index contributed by atoms with van der Waals surface area (Å²) in [5.41, 5.74) is 2.12. The zero-order valence-electron chi connectivity index (χ0n) is 15.5. The van der Waals surface area contributed by atoms with Gasteiger partial charge in [-0.05, 0) is 36.1 Å². The number of hydrogen-bond donors (Lipinski definition) is 0. The van der Waals surface area contributed by atoms with Crippen LogP contribution in [0, 0.1) is 0 Å². The molecule has 0 aliphatic carbocycles. The van der Waals surface area contributed by atoms with Crippen molar-refractivity contribution in [3.8, 4) is 0 Å². The summed E-state index contributed by atoms with van der Waals surface area (Å²) in [6, 6.07) is 8.21. The summed E-state index contributed by atoms with van der Waals surface area (Å²) >= 11 is 0. The van der Waals surface area contributed by atoms with Crippen LogP contribution in [-0.2, 0) is 29.4 Å². The molecule has 0 fully saturated rings. The minimum absolute atomic E-state index is 0.0204. The summed E-state index contributed by atoms with van der Waals surface area (Å²) < 4.78 is 26.7. The highest BCUT2D eigenvalue weighted by molar-refractivity contribution is 7.89. The average molecular weight is 376 g/mol. The molecule has 1 aromatic heterocycles. The van der Waals surface area contributed by atoms with Gasteiger partial charge in [0.05, 0.1) is 11.4 Å². The third-order valence-corrected chi connectivity index (χ3v) is 6.11. The molecule has 0 unspecified atom stereocenters. The third-order valence-electron chi connectivity index (χ3n) is 4.31. The highest BCUT2D eigenvalue weighted by Gasteiger charge is 2.19. The van der Waals surface area contributed by atoms with Gasteiger partial charge in [-0.25, -0.2) is 12.7 Å². The van der Waals surface area contributed by atoms with Gasteiger partial charge in [0.1, 0.15) is 0 Å². The van der Waals surface area contributed by atoms with Crippen molar-refractivity contribution in [1.82, 2.24) is 8.87 Å². The zero-order chi connectivity index (χ0) is 19.5. The second kappa shape index (κ2) is 7.97. The molecule has 0 bridgehead atoms. The lowest BCUT2D eigenvalue weighted by Crippen LogP contribution is -2.27. The molecule has 0 saturated carbocycles. The Morgan fingerprint density at radius 3 is 2.35 bits per heavy atom. The summed E-state index contributed by atoms with van der Waals surface area (Å²) in [7, 11) is -0.845. The Labute approximate surface area is 154 Å². The topological polar surface area (TPSA) is 76.5 Å². The first kappa shape index (κ1) is 20.1. The lowest BCUT2D eigenvalue weighted by Gasteiger charge is -2.14. The second-order valence-corrected chi connectivity index (χ2v) is 8.39. The van der Waals surface area contributed by atoms with Crippen molar-refractivity contribution < 1.29 is 13.2 Å². The van der Waals surface area contributed by atoms with Gasteiger partial charge >= 0.3 is 0 Å². The smallest absolute Gasteiger partial charge is 0.251 e. The van der Waals surface area contributed by atoms with E-state index in [1.165, 1.54) is 32.4 Å². The molecule has 0 N–H and O–H groups in total. The normalized spacial score (nSPS) is 11.7. The van der Waals surface area contributed by atoms with E-state index in [0.29, 0.717) is 12.0 Å². The van der Waals surface area contributed by atoms with Crippen molar-refractivity contribution in [1.29, 1.82) is 0 Å². The molecule has 0 spiro atoms. The Morgan fingerprint density at radius 2 is 1.77 bits per heavy atom. The van der Waals surface area contributed by atoms with Gasteiger partial charge in [0.2, 0.25) is 10.0 Å². The summed E-state index contributed by atoms with van der Waals surface area (Å²) in [6.45, 7) is 3.78. The van der Waals surface area contributed by atoms with Crippen LogP contribution < -0.4 is 5.56 Å². The quantitative estimate of drug-likeness (QED) is 0.694. The molecule has 7 heteroatoms. The van der Waals surface area contributed by atoms with Gasteiger partial charge < -0.3 is 4.57 Å². The highest BCUT2D eigenvalue weighted by Crippen LogP contribution is 2.16. The highest BCUT2D eigenvalue weighted by atomic mass is 32.2. The van der Waals surface area contributed by atoms with Gasteiger partial charge in [-0.2, -0.15) is 0 Å². The molecule has 2 rings (SSSR count). The van der Waals surface area contributed by atoms with Crippen LogP contribution in [0.1, 0.15) is 35.3 Å². The lowest BCUT2D eigenvalue weighted by atomic mass is 9.97. The van der Waals surface area contributed by atoms with Crippen molar-refractivity contribution in [3.63, 3.8) is 0 Å². The van der Waals surface area contributed by atoms with Gasteiger partial charge in [0.25, 0.3) is 5.56 Å². The molecule has 0 amide bonds. The number of aromatic nitrogens is 1. The van der Waals surface area contributed by atoms with Crippen molar-refractivity contribution >= 4 is 15.8 Å². The maximum atomic E-state index is 12.8. The molecule has 1 aromatic carbocycles. The van der Waals surface area contributed by atoms with E-state index in [1.54, 1.807) is 0 Å². The van der Waals surface area contributed by atoms with Crippen LogP contribution in [0.5, 0.6) is 0 Å². The molecule has 0 radical (unpaired) electrons. The maximum Gasteiger partial charge on any atom is 0.251 e. The number of carbonyl (C=O) groups is 1. The fourth-order valence-corrected chi connectivity index (χ4v) is 3.57. The number of benzene rings is 1. The first-order chi connectivity index (χ1) is 12.2. The monoisotopic (exact) mass is 376 g/mol. The van der Waals surface area contributed by atoms with E-state index in [0.717, 1.165) is 26.4 Å². The van der Waals surface area contributed by atoms with Gasteiger partial charge in [0.15, 0.2) is 5.78 Å². The average Bonchev–Trinajstić information content (AvgIpc) is 2.62. The van der Waals surface area contributed by atoms with Crippen LogP contribution in [-0.4, -0.2) is 37.2 Å². The first-order valence-corrected chi connectivity index (χ1v) is 9.92. The number of sulfonamides is 1. The van der Waals surface area contributed by atoms with E-state index >= 15 is 0 Å². The predicted octanol–water partition coefficient (Wildman–Crippen LogP) is 2.11. The van der Waals surface area contributed by atoms with Crippen molar-refractivity contribution in [2.45, 2.75) is 38.1 Å². The predicted molar refractivity (Wildman–Crippen MR) is 101 cm³/mol. The van der Waals surface area contributed by atoms with Crippen LogP contribution in [0.4, 0.5) is 0 Å². The van der Waals surface area contributed by atoms with Crippen LogP contribution in [0.2, 0.25) is 0 Å². The summed E-state index contributed by atoms with van der Waals surface area (Å²) in [6.07, 6.45) is 2.74. The van der Waals surface area contributed by atoms with Crippen molar-refractivity contribution in [3.05, 3.63) is 63.6 Å². The van der Waals surface area contributed by atoms with Crippen LogP contribution in [0.25, 0.3) is 0 Å². The summed E-state index contributed by atoms with van der Waals surface area (Å²) in [4.78, 5) is 24.9. The number of carbonyl (C=O) groups excluding carboxylic acids is 1. The number of hydrogen-bond acceptors (Lipinski definition) is 4. The molecule has 0 aliphatic rings. The zero-order valence-corrected chi connectivity index (χ0v) is 16.3. The Bertz CT molecular complexity index is 975. The number of ketones is 1. The van der Waals surface area contributed by atoms with Gasteiger partial charge in [0, 0.05) is 31.9 Å². The molecule has 2 aromatic rings. The molecule has 6 nitrogen and oxygen atoms in total. The fraction of sp³-hybridized carbons (Fsp3) is 0.368. The van der Waals surface area contributed by atoms with E-state index in [-0.39, 0.29) is 17.2 Å². The Morgan fingerprint density at radius 1 is 1.08 bits per heavy atom. The minimum atomic E-state index is -3.68. The molecule has 26 heavy (non-hydrogen) atoms. The molecular formula is C19H24N2O4S. The maximum absolute atomic E-state index is 12.8. The first-order valence-electron chi connectivity index (χ1n) is 8.48. The van der Waals surface area contributed by atoms with Crippen LogP contribution in [0.15, 0.2) is 46.2 Å². The van der Waals surface area contributed by atoms with E-state index < -0.39 is 15.6 Å². The molecule has 0 atom stereocenters. The van der Waals surface area contributed by atoms with Gasteiger partial charge in [-0.15, -0.1) is 0 Å². The fourth-order valence-electron chi connectivity index (χ4n) is 2.65. The van der Waals surface area contributed by atoms with Crippen LogP contribution >= 0.6 is 0 Å². The molecular weight excluding hydrogens is 352 g/mol. The third kappa shape index (κ3) is 4.11. The SMILES string of the molecule is CCc1ccc(CC)c(C(=O)Cn2cc(S(=O)(=O)N(C)C)ccc2=O)c1. The number of Topliss-reactive ketones (excluding diaryl/α,β-unsaturated/α-hetero) is 1. The Balaban J connectivity index is 2.43. The second-order valence-electron chi connectivity index (χ2n) is 6.24.